The van der Waals surface area contributed by atoms with Gasteiger partial charge in [-0.3, -0.25) is 4.90 Å². The third kappa shape index (κ3) is 5.88. The van der Waals surface area contributed by atoms with Crippen LogP contribution in [0.15, 0.2) is 18.3 Å². The molecule has 1 spiro atoms. The van der Waals surface area contributed by atoms with Crippen molar-refractivity contribution in [2.24, 2.45) is 5.41 Å². The summed E-state index contributed by atoms with van der Waals surface area (Å²) in [6.07, 6.45) is 4.29. The van der Waals surface area contributed by atoms with Crippen LogP contribution in [0.1, 0.15) is 69.4 Å². The number of fused-ring (bicyclic) bond motifs is 1. The lowest BCUT2D eigenvalue weighted by molar-refractivity contribution is 0.0875. The fourth-order valence-electron chi connectivity index (χ4n) is 6.45. The molecule has 0 amide bonds. The number of aromatic nitrogens is 2. The lowest BCUT2D eigenvalue weighted by Gasteiger charge is -2.46. The van der Waals surface area contributed by atoms with Crippen molar-refractivity contribution in [2.75, 3.05) is 44.3 Å². The van der Waals surface area contributed by atoms with Gasteiger partial charge in [0.15, 0.2) is 0 Å². The number of alkyl halides is 3. The highest BCUT2D eigenvalue weighted by Gasteiger charge is 2.49. The Balaban J connectivity index is 1.33. The SMILES string of the molecule is CC(C)(F)CN1CCC2(CC(c3cc(C(F)F)cc4cnc(NC5CCN(S(C)(=O)=O)CC5)nc34)C2)C1. The van der Waals surface area contributed by atoms with Crippen molar-refractivity contribution >= 4 is 26.9 Å². The van der Waals surface area contributed by atoms with E-state index in [2.05, 4.69) is 15.2 Å². The molecule has 1 aromatic carbocycles. The van der Waals surface area contributed by atoms with Gasteiger partial charge >= 0.3 is 0 Å². The normalized spacial score (nSPS) is 26.3. The van der Waals surface area contributed by atoms with Crippen molar-refractivity contribution in [3.8, 4) is 0 Å². The Hall–Kier alpha value is -1.98. The number of nitrogens with zero attached hydrogens (tertiary/aromatic N) is 4. The number of anilines is 1. The summed E-state index contributed by atoms with van der Waals surface area (Å²) >= 11 is 0. The maximum absolute atomic E-state index is 14.2. The second-order valence-corrected chi connectivity index (χ2v) is 13.9. The van der Waals surface area contributed by atoms with Crippen molar-refractivity contribution in [1.82, 2.24) is 19.2 Å². The van der Waals surface area contributed by atoms with E-state index in [1.807, 2.05) is 0 Å². The number of rotatable bonds is 7. The van der Waals surface area contributed by atoms with Crippen LogP contribution in [-0.4, -0.2) is 78.3 Å². The highest BCUT2D eigenvalue weighted by atomic mass is 32.2. The number of hydrogen-bond acceptors (Lipinski definition) is 6. The molecule has 3 fully saturated rings. The highest BCUT2D eigenvalue weighted by Crippen LogP contribution is 2.57. The van der Waals surface area contributed by atoms with E-state index >= 15 is 0 Å². The molecular formula is C26H36F3N5O2S. The largest absolute Gasteiger partial charge is 0.351 e. The number of sulfonamides is 1. The second-order valence-electron chi connectivity index (χ2n) is 11.9. The molecule has 7 nitrogen and oxygen atoms in total. The third-order valence-electron chi connectivity index (χ3n) is 8.16. The van der Waals surface area contributed by atoms with Crippen LogP contribution < -0.4 is 5.32 Å². The fourth-order valence-corrected chi connectivity index (χ4v) is 7.33. The molecule has 3 heterocycles. The fraction of sp³-hybridized carbons (Fsp3) is 0.692. The Labute approximate surface area is 216 Å². The van der Waals surface area contributed by atoms with Crippen LogP contribution in [0.5, 0.6) is 0 Å². The van der Waals surface area contributed by atoms with Gasteiger partial charge in [-0.1, -0.05) is 0 Å². The van der Waals surface area contributed by atoms with Crippen LogP contribution in [0.3, 0.4) is 0 Å². The van der Waals surface area contributed by atoms with Gasteiger partial charge in [-0.05, 0) is 81.5 Å². The predicted octanol–water partition coefficient (Wildman–Crippen LogP) is 4.72. The minimum Gasteiger partial charge on any atom is -0.351 e. The van der Waals surface area contributed by atoms with E-state index in [0.717, 1.165) is 37.9 Å². The van der Waals surface area contributed by atoms with Crippen LogP contribution in [-0.2, 0) is 10.0 Å². The van der Waals surface area contributed by atoms with E-state index in [4.69, 9.17) is 4.98 Å². The molecule has 0 atom stereocenters. The molecule has 5 rings (SSSR count). The molecule has 1 saturated carbocycles. The van der Waals surface area contributed by atoms with Crippen LogP contribution in [0.2, 0.25) is 0 Å². The monoisotopic (exact) mass is 539 g/mol. The van der Waals surface area contributed by atoms with E-state index in [9.17, 15) is 21.6 Å². The van der Waals surface area contributed by atoms with Gasteiger partial charge < -0.3 is 5.32 Å². The average Bonchev–Trinajstić information content (AvgIpc) is 3.19. The quantitative estimate of drug-likeness (QED) is 0.549. The Bertz CT molecular complexity index is 1250. The molecule has 2 saturated heterocycles. The minimum atomic E-state index is -3.20. The van der Waals surface area contributed by atoms with Gasteiger partial charge in [0.2, 0.25) is 16.0 Å². The van der Waals surface area contributed by atoms with E-state index < -0.39 is 22.1 Å². The summed E-state index contributed by atoms with van der Waals surface area (Å²) in [4.78, 5) is 11.3. The zero-order valence-corrected chi connectivity index (χ0v) is 22.5. The molecule has 2 aromatic rings. The summed E-state index contributed by atoms with van der Waals surface area (Å²) in [6, 6.07) is 3.10. The summed E-state index contributed by atoms with van der Waals surface area (Å²) in [5.41, 5.74) is 0.381. The van der Waals surface area contributed by atoms with Gasteiger partial charge in [0, 0.05) is 49.4 Å². The Morgan fingerprint density at radius 2 is 1.89 bits per heavy atom. The lowest BCUT2D eigenvalue weighted by atomic mass is 9.59. The number of halogens is 3. The van der Waals surface area contributed by atoms with Crippen LogP contribution in [0, 0.1) is 5.41 Å². The van der Waals surface area contributed by atoms with Crippen LogP contribution in [0.4, 0.5) is 19.1 Å². The van der Waals surface area contributed by atoms with Crippen LogP contribution in [0.25, 0.3) is 10.9 Å². The molecule has 204 valence electrons. The number of nitrogens with one attached hydrogen (secondary N) is 1. The maximum atomic E-state index is 14.2. The number of likely N-dealkylation sites (tertiary alicyclic amines) is 1. The molecule has 1 aromatic heterocycles. The molecule has 2 aliphatic heterocycles. The van der Waals surface area contributed by atoms with Gasteiger partial charge in [0.05, 0.1) is 11.8 Å². The predicted molar refractivity (Wildman–Crippen MR) is 138 cm³/mol. The Morgan fingerprint density at radius 3 is 2.51 bits per heavy atom. The summed E-state index contributed by atoms with van der Waals surface area (Å²) in [6.45, 7) is 6.20. The molecular weight excluding hydrogens is 503 g/mol. The standard InChI is InChI=1S/C26H36F3N5O2S/c1-25(2,29)15-33-9-6-26(16-33)12-19(13-26)21-11-17(23(27)28)10-18-14-30-24(32-22(18)21)31-20-4-7-34(8-5-20)37(3,35)36/h10-11,14,19-20,23H,4-9,12-13,15-16H2,1-3H3,(H,30,31,32). The summed E-state index contributed by atoms with van der Waals surface area (Å²) < 4.78 is 66.7. The average molecular weight is 540 g/mol. The van der Waals surface area contributed by atoms with E-state index in [0.29, 0.717) is 49.3 Å². The van der Waals surface area contributed by atoms with Crippen molar-refractivity contribution in [3.05, 3.63) is 29.5 Å². The molecule has 1 aliphatic carbocycles. The van der Waals surface area contributed by atoms with E-state index in [1.165, 1.54) is 16.6 Å². The molecule has 0 radical (unpaired) electrons. The highest BCUT2D eigenvalue weighted by molar-refractivity contribution is 7.88. The number of hydrogen-bond donors (Lipinski definition) is 1. The van der Waals surface area contributed by atoms with Gasteiger partial charge in [0.1, 0.15) is 5.67 Å². The maximum Gasteiger partial charge on any atom is 0.263 e. The van der Waals surface area contributed by atoms with E-state index in [-0.39, 0.29) is 22.9 Å². The van der Waals surface area contributed by atoms with Crippen molar-refractivity contribution in [3.63, 3.8) is 0 Å². The minimum absolute atomic E-state index is 0.0202. The second kappa shape index (κ2) is 9.64. The topological polar surface area (TPSA) is 78.4 Å². The van der Waals surface area contributed by atoms with Gasteiger partial charge in [-0.25, -0.2) is 35.9 Å². The lowest BCUT2D eigenvalue weighted by Crippen LogP contribution is -2.42. The number of benzene rings is 1. The summed E-state index contributed by atoms with van der Waals surface area (Å²) in [7, 11) is -3.20. The first-order valence-electron chi connectivity index (χ1n) is 13.0. The molecule has 0 unspecified atom stereocenters. The summed E-state index contributed by atoms with van der Waals surface area (Å²) in [5, 5.41) is 3.92. The van der Waals surface area contributed by atoms with Gasteiger partial charge in [0.25, 0.3) is 6.43 Å². The first kappa shape index (κ1) is 26.6. The summed E-state index contributed by atoms with van der Waals surface area (Å²) in [5.74, 6) is 0.558. The molecule has 0 bridgehead atoms. The van der Waals surface area contributed by atoms with Crippen molar-refractivity contribution in [2.45, 2.75) is 70.0 Å². The van der Waals surface area contributed by atoms with Gasteiger partial charge in [-0.2, -0.15) is 0 Å². The molecule has 37 heavy (non-hydrogen) atoms. The molecule has 11 heteroatoms. The number of piperidine rings is 1. The molecule has 1 N–H and O–H groups in total. The smallest absolute Gasteiger partial charge is 0.263 e. The first-order valence-corrected chi connectivity index (χ1v) is 14.9. The third-order valence-corrected chi connectivity index (χ3v) is 9.46. The van der Waals surface area contributed by atoms with Gasteiger partial charge in [-0.15, -0.1) is 0 Å². The van der Waals surface area contributed by atoms with E-state index in [1.54, 1.807) is 26.1 Å². The molecule has 3 aliphatic rings. The van der Waals surface area contributed by atoms with Crippen molar-refractivity contribution in [1.29, 1.82) is 0 Å². The van der Waals surface area contributed by atoms with Crippen LogP contribution >= 0.6 is 0 Å². The zero-order valence-electron chi connectivity index (χ0n) is 21.7. The van der Waals surface area contributed by atoms with Crippen molar-refractivity contribution < 1.29 is 21.6 Å². The Kier molecular flexibility index (Phi) is 6.94. The zero-order chi connectivity index (χ0) is 26.6. The first-order chi connectivity index (χ1) is 17.3. The Morgan fingerprint density at radius 1 is 1.19 bits per heavy atom.